The second-order valence-corrected chi connectivity index (χ2v) is 13.2. The maximum Gasteiger partial charge on any atom is 0.335 e. The summed E-state index contributed by atoms with van der Waals surface area (Å²) in [5.74, 6) is -1.03. The Kier molecular flexibility index (Phi) is 9.93. The van der Waals surface area contributed by atoms with Gasteiger partial charge in [-0.2, -0.15) is 0 Å². The third-order valence-electron chi connectivity index (χ3n) is 7.23. The minimum atomic E-state index is -3.65. The van der Waals surface area contributed by atoms with Gasteiger partial charge < -0.3 is 29.4 Å². The van der Waals surface area contributed by atoms with Gasteiger partial charge in [0.2, 0.25) is 10.0 Å². The van der Waals surface area contributed by atoms with E-state index in [1.54, 1.807) is 13.4 Å². The minimum Gasteiger partial charge on any atom is -0.497 e. The molecule has 1 unspecified atom stereocenters. The van der Waals surface area contributed by atoms with Crippen molar-refractivity contribution in [1.82, 2.24) is 5.32 Å². The summed E-state index contributed by atoms with van der Waals surface area (Å²) in [5, 5.41) is 16.6. The first-order chi connectivity index (χ1) is 20.3. The monoisotopic (exact) mass is 615 g/mol. The molecule has 0 saturated carbocycles. The lowest BCUT2D eigenvalue weighted by Crippen LogP contribution is -2.62. The Bertz CT molecular complexity index is 1490. The number of ether oxygens (including phenoxy) is 4. The van der Waals surface area contributed by atoms with Gasteiger partial charge >= 0.3 is 5.97 Å². The number of hydrogen-bond acceptors (Lipinski definition) is 9. The van der Waals surface area contributed by atoms with E-state index < -0.39 is 27.4 Å². The molecule has 0 aromatic heterocycles. The highest BCUT2D eigenvalue weighted by molar-refractivity contribution is 7.92. The van der Waals surface area contributed by atoms with Gasteiger partial charge in [0, 0.05) is 29.3 Å². The van der Waals surface area contributed by atoms with Crippen molar-refractivity contribution in [3.05, 3.63) is 65.4 Å². The molecular weight excluding hydrogens is 574 g/mol. The maximum absolute atomic E-state index is 11.9. The maximum atomic E-state index is 11.9. The van der Waals surface area contributed by atoms with Crippen LogP contribution in [0, 0.1) is 0 Å². The summed E-state index contributed by atoms with van der Waals surface area (Å²) in [4.78, 5) is 11.4. The lowest BCUT2D eigenvalue weighted by atomic mass is 9.96. The van der Waals surface area contributed by atoms with E-state index in [0.717, 1.165) is 53.7 Å². The number of allylic oxidation sites excluding steroid dienone is 2. The molecule has 4 N–H and O–H groups in total. The van der Waals surface area contributed by atoms with Crippen LogP contribution in [0.3, 0.4) is 0 Å². The van der Waals surface area contributed by atoms with E-state index in [4.69, 9.17) is 18.9 Å². The third-order valence-corrected chi connectivity index (χ3v) is 7.82. The van der Waals surface area contributed by atoms with Gasteiger partial charge in [0.05, 0.1) is 44.1 Å². The van der Waals surface area contributed by atoms with Gasteiger partial charge in [-0.3, -0.25) is 10.0 Å². The second kappa shape index (κ2) is 13.3. The highest BCUT2D eigenvalue weighted by atomic mass is 32.2. The fraction of sp³-hybridized carbons (Fsp3) is 0.452. The summed E-state index contributed by atoms with van der Waals surface area (Å²) in [6.07, 6.45) is 7.98. The zero-order valence-electron chi connectivity index (χ0n) is 25.3. The molecule has 0 aliphatic carbocycles. The van der Waals surface area contributed by atoms with Crippen molar-refractivity contribution in [3.63, 3.8) is 0 Å². The van der Waals surface area contributed by atoms with Gasteiger partial charge in [0.15, 0.2) is 5.85 Å². The van der Waals surface area contributed by atoms with E-state index in [2.05, 4.69) is 15.4 Å². The van der Waals surface area contributed by atoms with Crippen molar-refractivity contribution >= 4 is 32.9 Å². The number of rotatable bonds is 13. The lowest BCUT2D eigenvalue weighted by Gasteiger charge is -2.44. The quantitative estimate of drug-likeness (QED) is 0.222. The molecule has 2 aromatic carbocycles. The van der Waals surface area contributed by atoms with E-state index in [-0.39, 0.29) is 23.6 Å². The third kappa shape index (κ3) is 8.65. The second-order valence-electron chi connectivity index (χ2n) is 11.4. The number of anilines is 2. The molecule has 1 fully saturated rings. The minimum absolute atomic E-state index is 0.0521. The average Bonchev–Trinajstić information content (AvgIpc) is 2.93. The number of aromatic carboxylic acids is 1. The number of methoxy groups -OCH3 is 1. The molecule has 234 valence electrons. The van der Waals surface area contributed by atoms with E-state index in [9.17, 15) is 18.3 Å². The summed E-state index contributed by atoms with van der Waals surface area (Å²) in [6.45, 7) is 7.42. The Morgan fingerprint density at radius 1 is 1.14 bits per heavy atom. The summed E-state index contributed by atoms with van der Waals surface area (Å²) in [7, 11) is -2.00. The molecule has 1 saturated heterocycles. The van der Waals surface area contributed by atoms with Crippen molar-refractivity contribution < 1.29 is 37.3 Å². The molecule has 0 amide bonds. The number of carbonyl (C=O) groups is 1. The molecule has 2 aliphatic heterocycles. The van der Waals surface area contributed by atoms with Gasteiger partial charge in [0.1, 0.15) is 18.1 Å². The van der Waals surface area contributed by atoms with Crippen LogP contribution < -0.4 is 24.8 Å². The molecule has 11 nitrogen and oxygen atoms in total. The van der Waals surface area contributed by atoms with Gasteiger partial charge in [0.25, 0.3) is 0 Å². The molecule has 2 heterocycles. The topological polar surface area (TPSA) is 144 Å². The number of benzene rings is 2. The average molecular weight is 616 g/mol. The van der Waals surface area contributed by atoms with Gasteiger partial charge in [-0.05, 0) is 87.6 Å². The van der Waals surface area contributed by atoms with Crippen molar-refractivity contribution in [2.75, 3.05) is 43.2 Å². The Balaban J connectivity index is 1.48. The molecule has 2 aliphatic rings. The number of carboxylic acid groups (broad SMARTS) is 1. The molecule has 0 spiro atoms. The summed E-state index contributed by atoms with van der Waals surface area (Å²) < 4.78 is 49.5. The van der Waals surface area contributed by atoms with Gasteiger partial charge in [-0.15, -0.1) is 0 Å². The molecule has 2 aromatic rings. The molecule has 4 rings (SSSR count). The van der Waals surface area contributed by atoms with Crippen LogP contribution in [0.1, 0.15) is 62.4 Å². The first-order valence-corrected chi connectivity index (χ1v) is 16.1. The first kappa shape index (κ1) is 32.2. The molecule has 12 heteroatoms. The standard InChI is InChI=1S/C31H41N3O8S/c1-21-20-40-16-12-24(21)25-10-9-23(19-28(25)39-4)32-31(13-6-7-15-42-31)34-30(2,3)14-17-41-27-11-8-22(29(35)36)18-26(27)33-43(5,37)38/h8-12,18-20,32-34H,6-7,13-17H2,1-5H3,(H,35,36). The Hall–Kier alpha value is -3.74. The normalized spacial score (nSPS) is 19.0. The Morgan fingerprint density at radius 2 is 1.93 bits per heavy atom. The zero-order chi connectivity index (χ0) is 31.3. The van der Waals surface area contributed by atoms with Crippen molar-refractivity contribution in [3.8, 4) is 11.5 Å². The number of sulfonamides is 1. The van der Waals surface area contributed by atoms with Crippen LogP contribution in [0.2, 0.25) is 0 Å². The van der Waals surface area contributed by atoms with Crippen molar-refractivity contribution in [1.29, 1.82) is 0 Å². The summed E-state index contributed by atoms with van der Waals surface area (Å²) in [5.41, 5.74) is 3.46. The predicted molar refractivity (Wildman–Crippen MR) is 166 cm³/mol. The van der Waals surface area contributed by atoms with Crippen molar-refractivity contribution in [2.45, 2.75) is 57.8 Å². The molecule has 43 heavy (non-hydrogen) atoms. The Labute approximate surface area is 253 Å². The van der Waals surface area contributed by atoms with Gasteiger partial charge in [-0.25, -0.2) is 13.2 Å². The molecule has 1 atom stereocenters. The summed E-state index contributed by atoms with van der Waals surface area (Å²) >= 11 is 0. The van der Waals surface area contributed by atoms with E-state index >= 15 is 0 Å². The summed E-state index contributed by atoms with van der Waals surface area (Å²) in [6, 6.07) is 10.1. The number of hydrogen-bond donors (Lipinski definition) is 4. The lowest BCUT2D eigenvalue weighted by molar-refractivity contribution is -0.0971. The van der Waals surface area contributed by atoms with Crippen LogP contribution in [0.5, 0.6) is 11.5 Å². The largest absolute Gasteiger partial charge is 0.497 e. The van der Waals surface area contributed by atoms with Crippen molar-refractivity contribution in [2.24, 2.45) is 0 Å². The molecular formula is C31H41N3O8S. The van der Waals surface area contributed by atoms with Crippen LogP contribution in [0.4, 0.5) is 11.4 Å². The van der Waals surface area contributed by atoms with Gasteiger partial charge in [-0.1, -0.05) is 0 Å². The smallest absolute Gasteiger partial charge is 0.335 e. The first-order valence-electron chi connectivity index (χ1n) is 14.2. The Morgan fingerprint density at radius 3 is 2.58 bits per heavy atom. The van der Waals surface area contributed by atoms with Crippen LogP contribution in [-0.2, 0) is 19.5 Å². The zero-order valence-corrected chi connectivity index (χ0v) is 26.1. The molecule has 0 bridgehead atoms. The van der Waals surface area contributed by atoms with Crippen LogP contribution in [0.15, 0.2) is 54.3 Å². The van der Waals surface area contributed by atoms with E-state index in [0.29, 0.717) is 19.6 Å². The highest BCUT2D eigenvalue weighted by Crippen LogP contribution is 2.36. The number of carboxylic acids is 1. The van der Waals surface area contributed by atoms with Crippen LogP contribution >= 0.6 is 0 Å². The number of nitrogens with one attached hydrogen (secondary N) is 3. The molecule has 0 radical (unpaired) electrons. The van der Waals surface area contributed by atoms with Crippen LogP contribution in [0.25, 0.3) is 5.57 Å². The predicted octanol–water partition coefficient (Wildman–Crippen LogP) is 5.19. The van der Waals surface area contributed by atoms with Crippen LogP contribution in [-0.4, -0.2) is 64.1 Å². The SMILES string of the molecule is COc1cc(NC2(NC(C)(C)CCOc3ccc(C(=O)O)cc3NS(C)(=O)=O)CCCCO2)ccc1C1=CCOC=C1C. The highest BCUT2D eigenvalue weighted by Gasteiger charge is 2.38. The fourth-order valence-corrected chi connectivity index (χ4v) is 5.75. The fourth-order valence-electron chi connectivity index (χ4n) is 5.19. The van der Waals surface area contributed by atoms with E-state index in [1.807, 2.05) is 45.0 Å². The van der Waals surface area contributed by atoms with E-state index in [1.165, 1.54) is 18.2 Å².